The third-order valence-corrected chi connectivity index (χ3v) is 4.69. The van der Waals surface area contributed by atoms with Crippen molar-refractivity contribution in [2.45, 2.75) is 52.0 Å². The summed E-state index contributed by atoms with van der Waals surface area (Å²) >= 11 is 0. The normalized spacial score (nSPS) is 12.2. The average Bonchev–Trinajstić information content (AvgIpc) is 3.08. The van der Waals surface area contributed by atoms with Crippen LogP contribution in [0.5, 0.6) is 0 Å². The predicted molar refractivity (Wildman–Crippen MR) is 106 cm³/mol. The molecule has 3 aromatic rings. The fourth-order valence-corrected chi connectivity index (χ4v) is 3.14. The molecular weight excluding hydrogens is 322 g/mol. The van der Waals surface area contributed by atoms with Crippen LogP contribution < -0.4 is 5.32 Å². The lowest BCUT2D eigenvalue weighted by Gasteiger charge is -2.14. The molecule has 3 rings (SSSR count). The highest BCUT2D eigenvalue weighted by Crippen LogP contribution is 2.15. The van der Waals surface area contributed by atoms with E-state index >= 15 is 0 Å². The van der Waals surface area contributed by atoms with Gasteiger partial charge in [-0.2, -0.15) is 0 Å². The Morgan fingerprint density at radius 3 is 2.69 bits per heavy atom. The molecule has 0 saturated heterocycles. The quantitative estimate of drug-likeness (QED) is 0.640. The molecule has 26 heavy (non-hydrogen) atoms. The molecule has 0 aliphatic heterocycles. The third kappa shape index (κ3) is 4.94. The van der Waals surface area contributed by atoms with Crippen molar-refractivity contribution in [2.75, 3.05) is 0 Å². The minimum absolute atomic E-state index is 0.115. The van der Waals surface area contributed by atoms with E-state index in [9.17, 15) is 4.79 Å². The lowest BCUT2D eigenvalue weighted by molar-refractivity contribution is -0.121. The third-order valence-electron chi connectivity index (χ3n) is 4.69. The van der Waals surface area contributed by atoms with E-state index in [2.05, 4.69) is 65.5 Å². The van der Waals surface area contributed by atoms with Gasteiger partial charge in [0.2, 0.25) is 5.91 Å². The number of nitrogens with zero attached hydrogens (tertiary/aromatic N) is 1. The predicted octanol–water partition coefficient (Wildman–Crippen LogP) is 4.20. The molecule has 2 aromatic carbocycles. The maximum atomic E-state index is 12.2. The smallest absolute Gasteiger partial charge is 0.220 e. The molecule has 136 valence electrons. The molecule has 0 aliphatic carbocycles. The van der Waals surface area contributed by atoms with Gasteiger partial charge >= 0.3 is 0 Å². The highest BCUT2D eigenvalue weighted by atomic mass is 16.1. The van der Waals surface area contributed by atoms with Crippen LogP contribution in [-0.2, 0) is 24.1 Å². The second kappa shape index (κ2) is 8.65. The molecule has 1 atom stereocenters. The fraction of sp³-hybridized carbons (Fsp3) is 0.364. The standard InChI is InChI=1S/C22H27N3O/c1-3-21-24-19-13-11-18(15-20(19)25-21)12-14-22(26)23-16(2)9-10-17-7-5-4-6-8-17/h4-8,11,13,15-16H,3,9-10,12,14H2,1-2H3,(H,23,26)(H,24,25)/t16-/m0/s1. The van der Waals surface area contributed by atoms with Gasteiger partial charge < -0.3 is 10.3 Å². The van der Waals surface area contributed by atoms with Gasteiger partial charge in [0.1, 0.15) is 5.82 Å². The summed E-state index contributed by atoms with van der Waals surface area (Å²) in [5.41, 5.74) is 4.52. The van der Waals surface area contributed by atoms with Crippen molar-refractivity contribution >= 4 is 16.9 Å². The number of carbonyl (C=O) groups excluding carboxylic acids is 1. The van der Waals surface area contributed by atoms with E-state index in [1.54, 1.807) is 0 Å². The summed E-state index contributed by atoms with van der Waals surface area (Å²) in [6, 6.07) is 16.8. The van der Waals surface area contributed by atoms with Crippen LogP contribution in [0, 0.1) is 0 Å². The Balaban J connectivity index is 1.46. The summed E-state index contributed by atoms with van der Waals surface area (Å²) in [7, 11) is 0. The van der Waals surface area contributed by atoms with Crippen molar-refractivity contribution in [3.05, 3.63) is 65.5 Å². The first-order chi connectivity index (χ1) is 12.6. The first-order valence-corrected chi connectivity index (χ1v) is 9.45. The summed E-state index contributed by atoms with van der Waals surface area (Å²) in [6.07, 6.45) is 4.09. The number of aromatic amines is 1. The van der Waals surface area contributed by atoms with E-state index in [1.807, 2.05) is 12.1 Å². The summed E-state index contributed by atoms with van der Waals surface area (Å²) < 4.78 is 0. The van der Waals surface area contributed by atoms with Gasteiger partial charge in [-0.3, -0.25) is 4.79 Å². The molecule has 0 radical (unpaired) electrons. The number of rotatable bonds is 8. The number of hydrogen-bond acceptors (Lipinski definition) is 2. The van der Waals surface area contributed by atoms with E-state index in [-0.39, 0.29) is 11.9 Å². The molecule has 0 unspecified atom stereocenters. The van der Waals surface area contributed by atoms with E-state index < -0.39 is 0 Å². The molecule has 0 saturated carbocycles. The van der Waals surface area contributed by atoms with Crippen molar-refractivity contribution in [3.63, 3.8) is 0 Å². The molecule has 1 amide bonds. The van der Waals surface area contributed by atoms with Gasteiger partial charge in [0.05, 0.1) is 11.0 Å². The zero-order chi connectivity index (χ0) is 18.4. The Kier molecular flexibility index (Phi) is 6.05. The summed E-state index contributed by atoms with van der Waals surface area (Å²) in [5.74, 6) is 1.12. The van der Waals surface area contributed by atoms with Crippen LogP contribution in [0.4, 0.5) is 0 Å². The lowest BCUT2D eigenvalue weighted by Crippen LogP contribution is -2.33. The number of benzene rings is 2. The number of nitrogens with one attached hydrogen (secondary N) is 2. The second-order valence-electron chi connectivity index (χ2n) is 6.88. The van der Waals surface area contributed by atoms with Crippen LogP contribution in [0.2, 0.25) is 0 Å². The van der Waals surface area contributed by atoms with Crippen molar-refractivity contribution in [2.24, 2.45) is 0 Å². The van der Waals surface area contributed by atoms with Crippen LogP contribution in [0.1, 0.15) is 43.6 Å². The van der Waals surface area contributed by atoms with Gasteiger partial charge in [0.25, 0.3) is 0 Å². The zero-order valence-electron chi connectivity index (χ0n) is 15.6. The van der Waals surface area contributed by atoms with E-state index in [0.717, 1.165) is 48.1 Å². The number of fused-ring (bicyclic) bond motifs is 1. The molecule has 4 heteroatoms. The number of imidazole rings is 1. The van der Waals surface area contributed by atoms with Gasteiger partial charge in [0, 0.05) is 18.9 Å². The molecule has 0 spiro atoms. The lowest BCUT2D eigenvalue weighted by atomic mass is 10.1. The molecule has 1 aromatic heterocycles. The maximum absolute atomic E-state index is 12.2. The largest absolute Gasteiger partial charge is 0.354 e. The molecule has 0 fully saturated rings. The molecule has 4 nitrogen and oxygen atoms in total. The number of H-pyrrole nitrogens is 1. The molecular formula is C22H27N3O. The van der Waals surface area contributed by atoms with E-state index in [4.69, 9.17) is 0 Å². The summed E-state index contributed by atoms with van der Waals surface area (Å²) in [4.78, 5) is 20.1. The monoisotopic (exact) mass is 349 g/mol. The minimum atomic E-state index is 0.115. The molecule has 0 bridgehead atoms. The summed E-state index contributed by atoms with van der Waals surface area (Å²) in [6.45, 7) is 4.16. The Labute approximate surface area is 155 Å². The van der Waals surface area contributed by atoms with E-state index in [0.29, 0.717) is 6.42 Å². The number of aromatic nitrogens is 2. The Morgan fingerprint density at radius 1 is 1.12 bits per heavy atom. The number of amides is 1. The Hall–Kier alpha value is -2.62. The first kappa shape index (κ1) is 18.2. The average molecular weight is 349 g/mol. The SMILES string of the molecule is CCc1nc2ccc(CCC(=O)N[C@@H](C)CCc3ccccc3)cc2[nH]1. The minimum Gasteiger partial charge on any atom is -0.354 e. The van der Waals surface area contributed by atoms with Crippen LogP contribution >= 0.6 is 0 Å². The van der Waals surface area contributed by atoms with Crippen molar-refractivity contribution < 1.29 is 4.79 Å². The van der Waals surface area contributed by atoms with E-state index in [1.165, 1.54) is 5.56 Å². The van der Waals surface area contributed by atoms with Crippen LogP contribution in [0.15, 0.2) is 48.5 Å². The highest BCUT2D eigenvalue weighted by Gasteiger charge is 2.09. The molecule has 0 aliphatic rings. The maximum Gasteiger partial charge on any atom is 0.220 e. The number of carbonyl (C=O) groups is 1. The second-order valence-corrected chi connectivity index (χ2v) is 6.88. The topological polar surface area (TPSA) is 57.8 Å². The first-order valence-electron chi connectivity index (χ1n) is 9.45. The Bertz CT molecular complexity index is 854. The molecule has 1 heterocycles. The van der Waals surface area contributed by atoms with Crippen molar-refractivity contribution in [1.82, 2.24) is 15.3 Å². The fourth-order valence-electron chi connectivity index (χ4n) is 3.14. The van der Waals surface area contributed by atoms with Gasteiger partial charge in [0.15, 0.2) is 0 Å². The number of aryl methyl sites for hydroxylation is 3. The van der Waals surface area contributed by atoms with Gasteiger partial charge in [-0.1, -0.05) is 43.3 Å². The highest BCUT2D eigenvalue weighted by molar-refractivity contribution is 5.78. The van der Waals surface area contributed by atoms with Gasteiger partial charge in [-0.05, 0) is 49.4 Å². The molecule has 2 N–H and O–H groups in total. The summed E-state index contributed by atoms with van der Waals surface area (Å²) in [5, 5.41) is 3.11. The van der Waals surface area contributed by atoms with Crippen molar-refractivity contribution in [3.8, 4) is 0 Å². The number of hydrogen-bond donors (Lipinski definition) is 2. The zero-order valence-corrected chi connectivity index (χ0v) is 15.6. The van der Waals surface area contributed by atoms with Crippen LogP contribution in [0.3, 0.4) is 0 Å². The van der Waals surface area contributed by atoms with Crippen LogP contribution in [0.25, 0.3) is 11.0 Å². The van der Waals surface area contributed by atoms with Gasteiger partial charge in [-0.15, -0.1) is 0 Å². The van der Waals surface area contributed by atoms with Crippen LogP contribution in [-0.4, -0.2) is 21.9 Å². The Morgan fingerprint density at radius 2 is 1.92 bits per heavy atom. The van der Waals surface area contributed by atoms with Crippen molar-refractivity contribution in [1.29, 1.82) is 0 Å². The van der Waals surface area contributed by atoms with Gasteiger partial charge in [-0.25, -0.2) is 4.98 Å².